The van der Waals surface area contributed by atoms with Crippen LogP contribution in [0.3, 0.4) is 0 Å². The number of halogens is 1. The van der Waals surface area contributed by atoms with Gasteiger partial charge in [0.25, 0.3) is 0 Å². The van der Waals surface area contributed by atoms with Gasteiger partial charge in [0.2, 0.25) is 0 Å². The van der Waals surface area contributed by atoms with Gasteiger partial charge in [-0.2, -0.15) is 0 Å². The van der Waals surface area contributed by atoms with Gasteiger partial charge < -0.3 is 0 Å². The Morgan fingerprint density at radius 1 is 1.00 bits per heavy atom. The molecule has 0 amide bonds. The quantitative estimate of drug-likeness (QED) is 0.524. The molecule has 0 heterocycles. The van der Waals surface area contributed by atoms with E-state index in [1.54, 1.807) is 0 Å². The normalized spacial score (nSPS) is 19.8. The van der Waals surface area contributed by atoms with Crippen molar-refractivity contribution in [1.29, 1.82) is 0 Å². The molecule has 1 aliphatic carbocycles. The van der Waals surface area contributed by atoms with Crippen LogP contribution in [-0.4, -0.2) is 5.78 Å². The van der Waals surface area contributed by atoms with Gasteiger partial charge in [-0.15, -0.1) is 0 Å². The van der Waals surface area contributed by atoms with Gasteiger partial charge in [-0.25, -0.2) is 0 Å². The Morgan fingerprint density at radius 2 is 1.69 bits per heavy atom. The van der Waals surface area contributed by atoms with Gasteiger partial charge in [0.1, 0.15) is 0 Å². The van der Waals surface area contributed by atoms with Crippen molar-refractivity contribution < 1.29 is 4.79 Å². The fourth-order valence-electron chi connectivity index (χ4n) is 1.99. The van der Waals surface area contributed by atoms with Crippen LogP contribution in [0.5, 0.6) is 0 Å². The topological polar surface area (TPSA) is 17.1 Å². The SMILES string of the molecule is O=C1CCCCC/C1=C/c1ccc(Cl)cc1. The molecule has 1 aromatic rings. The average Bonchev–Trinajstić information content (AvgIpc) is 2.48. The van der Waals surface area contributed by atoms with E-state index < -0.39 is 0 Å². The molecular weight excluding hydrogens is 220 g/mol. The molecule has 0 bridgehead atoms. The van der Waals surface area contributed by atoms with Crippen molar-refractivity contribution in [2.45, 2.75) is 32.1 Å². The van der Waals surface area contributed by atoms with E-state index in [1.807, 2.05) is 30.3 Å². The van der Waals surface area contributed by atoms with Crippen LogP contribution < -0.4 is 0 Å². The van der Waals surface area contributed by atoms with Crippen LogP contribution in [0.1, 0.15) is 37.7 Å². The molecule has 2 heteroatoms. The smallest absolute Gasteiger partial charge is 0.158 e. The molecule has 84 valence electrons. The minimum Gasteiger partial charge on any atom is -0.295 e. The highest BCUT2D eigenvalue weighted by atomic mass is 35.5. The predicted molar refractivity (Wildman–Crippen MR) is 67.5 cm³/mol. The van der Waals surface area contributed by atoms with E-state index in [0.29, 0.717) is 12.2 Å². The maximum absolute atomic E-state index is 11.8. The molecule has 2 rings (SSSR count). The van der Waals surface area contributed by atoms with Gasteiger partial charge in [-0.1, -0.05) is 30.2 Å². The van der Waals surface area contributed by atoms with Crippen LogP contribution >= 0.6 is 11.6 Å². The third-order valence-electron chi connectivity index (χ3n) is 2.92. The van der Waals surface area contributed by atoms with E-state index in [1.165, 1.54) is 6.42 Å². The Hall–Kier alpha value is -1.08. The summed E-state index contributed by atoms with van der Waals surface area (Å²) in [7, 11) is 0. The molecular formula is C14H15ClO. The zero-order chi connectivity index (χ0) is 11.4. The van der Waals surface area contributed by atoms with Crippen LogP contribution in [0, 0.1) is 0 Å². The first kappa shape index (κ1) is 11.4. The Morgan fingerprint density at radius 3 is 2.44 bits per heavy atom. The summed E-state index contributed by atoms with van der Waals surface area (Å²) in [5, 5.41) is 0.731. The molecule has 0 saturated heterocycles. The monoisotopic (exact) mass is 234 g/mol. The van der Waals surface area contributed by atoms with Crippen LogP contribution in [0.15, 0.2) is 29.8 Å². The standard InChI is InChI=1S/C14H15ClO/c15-13-8-6-11(7-9-13)10-12-4-2-1-3-5-14(12)16/h6-10H,1-5H2/b12-10-. The highest BCUT2D eigenvalue weighted by Crippen LogP contribution is 2.22. The molecule has 0 spiro atoms. The van der Waals surface area contributed by atoms with Gasteiger partial charge in [-0.05, 0) is 48.6 Å². The minimum absolute atomic E-state index is 0.312. The second-order valence-corrected chi connectivity index (χ2v) is 4.64. The summed E-state index contributed by atoms with van der Waals surface area (Å²) in [6, 6.07) is 7.62. The molecule has 16 heavy (non-hydrogen) atoms. The molecule has 0 aromatic heterocycles. The highest BCUT2D eigenvalue weighted by Gasteiger charge is 2.12. The number of hydrogen-bond acceptors (Lipinski definition) is 1. The number of rotatable bonds is 1. The first-order chi connectivity index (χ1) is 7.75. The zero-order valence-corrected chi connectivity index (χ0v) is 9.96. The van der Waals surface area contributed by atoms with Crippen molar-refractivity contribution >= 4 is 23.5 Å². The van der Waals surface area contributed by atoms with Crippen molar-refractivity contribution in [2.75, 3.05) is 0 Å². The van der Waals surface area contributed by atoms with E-state index in [4.69, 9.17) is 11.6 Å². The molecule has 1 saturated carbocycles. The molecule has 0 atom stereocenters. The largest absolute Gasteiger partial charge is 0.295 e. The fourth-order valence-corrected chi connectivity index (χ4v) is 2.12. The van der Waals surface area contributed by atoms with Gasteiger partial charge in [-0.3, -0.25) is 4.79 Å². The van der Waals surface area contributed by atoms with Crippen molar-refractivity contribution in [3.8, 4) is 0 Å². The number of benzene rings is 1. The second-order valence-electron chi connectivity index (χ2n) is 4.20. The lowest BCUT2D eigenvalue weighted by molar-refractivity contribution is -0.115. The van der Waals surface area contributed by atoms with Gasteiger partial charge in [0, 0.05) is 11.4 Å². The summed E-state index contributed by atoms with van der Waals surface area (Å²) in [6.45, 7) is 0. The van der Waals surface area contributed by atoms with Crippen molar-refractivity contribution in [3.05, 3.63) is 40.4 Å². The molecule has 1 nitrogen and oxygen atoms in total. The molecule has 1 aromatic carbocycles. The molecule has 0 N–H and O–H groups in total. The summed E-state index contributed by atoms with van der Waals surface area (Å²) in [6.07, 6.45) is 6.97. The van der Waals surface area contributed by atoms with Gasteiger partial charge >= 0.3 is 0 Å². The number of carbonyl (C=O) groups is 1. The fraction of sp³-hybridized carbons (Fsp3) is 0.357. The Bertz CT molecular complexity index is 403. The summed E-state index contributed by atoms with van der Waals surface area (Å²) in [5.41, 5.74) is 2.04. The highest BCUT2D eigenvalue weighted by molar-refractivity contribution is 6.30. The van der Waals surface area contributed by atoms with E-state index in [0.717, 1.165) is 35.4 Å². The summed E-state index contributed by atoms with van der Waals surface area (Å²) < 4.78 is 0. The molecule has 1 fully saturated rings. The number of carbonyl (C=O) groups excluding carboxylic acids is 1. The Balaban J connectivity index is 2.21. The minimum atomic E-state index is 0.312. The third kappa shape index (κ3) is 2.96. The van der Waals surface area contributed by atoms with E-state index in [-0.39, 0.29) is 0 Å². The predicted octanol–water partition coefficient (Wildman–Crippen LogP) is 4.26. The molecule has 0 aliphatic heterocycles. The van der Waals surface area contributed by atoms with Crippen molar-refractivity contribution in [3.63, 3.8) is 0 Å². The molecule has 0 unspecified atom stereocenters. The third-order valence-corrected chi connectivity index (χ3v) is 3.17. The summed E-state index contributed by atoms with van der Waals surface area (Å²) in [4.78, 5) is 11.8. The lowest BCUT2D eigenvalue weighted by Crippen LogP contribution is -1.98. The van der Waals surface area contributed by atoms with E-state index >= 15 is 0 Å². The number of ketones is 1. The van der Waals surface area contributed by atoms with Gasteiger partial charge in [0.05, 0.1) is 0 Å². The number of Topliss-reactive ketones (excluding diaryl/α,β-unsaturated/α-hetero) is 1. The lowest BCUT2D eigenvalue weighted by Gasteiger charge is -2.01. The molecule has 1 aliphatic rings. The summed E-state index contributed by atoms with van der Waals surface area (Å²) >= 11 is 5.82. The lowest BCUT2D eigenvalue weighted by atomic mass is 10.0. The first-order valence-corrected chi connectivity index (χ1v) is 6.13. The van der Waals surface area contributed by atoms with Crippen LogP contribution in [0.4, 0.5) is 0 Å². The van der Waals surface area contributed by atoms with Crippen molar-refractivity contribution in [1.82, 2.24) is 0 Å². The number of hydrogen-bond donors (Lipinski definition) is 0. The Labute approximate surface area is 101 Å². The van der Waals surface area contributed by atoms with E-state index in [9.17, 15) is 4.79 Å². The number of allylic oxidation sites excluding steroid dienone is 1. The van der Waals surface area contributed by atoms with Crippen LogP contribution in [0.25, 0.3) is 6.08 Å². The maximum Gasteiger partial charge on any atom is 0.158 e. The van der Waals surface area contributed by atoms with Crippen LogP contribution in [0.2, 0.25) is 5.02 Å². The van der Waals surface area contributed by atoms with Gasteiger partial charge in [0.15, 0.2) is 5.78 Å². The average molecular weight is 235 g/mol. The van der Waals surface area contributed by atoms with E-state index in [2.05, 4.69) is 0 Å². The van der Waals surface area contributed by atoms with Crippen LogP contribution in [-0.2, 0) is 4.79 Å². The first-order valence-electron chi connectivity index (χ1n) is 5.75. The Kier molecular flexibility index (Phi) is 3.79. The second kappa shape index (κ2) is 5.31. The maximum atomic E-state index is 11.8. The van der Waals surface area contributed by atoms with Crippen molar-refractivity contribution in [2.24, 2.45) is 0 Å². The summed E-state index contributed by atoms with van der Waals surface area (Å²) in [5.74, 6) is 0.312. The molecule has 0 radical (unpaired) electrons. The zero-order valence-electron chi connectivity index (χ0n) is 9.21.